The van der Waals surface area contributed by atoms with Crippen LogP contribution in [0.1, 0.15) is 43.9 Å². The van der Waals surface area contributed by atoms with E-state index in [0.717, 1.165) is 27.3 Å². The molecule has 0 fully saturated rings. The van der Waals surface area contributed by atoms with Gasteiger partial charge in [0, 0.05) is 12.6 Å². The smallest absolute Gasteiger partial charge is 0.244 e. The number of hydrogen-bond donors (Lipinski definition) is 1. The lowest BCUT2D eigenvalue weighted by Crippen LogP contribution is -2.53. The monoisotopic (exact) mass is 503 g/mol. The third-order valence-electron chi connectivity index (χ3n) is 5.85. The molecule has 8 nitrogen and oxygen atoms in total. The lowest BCUT2D eigenvalue weighted by Gasteiger charge is -2.33. The number of carbonyl (C=O) groups excluding carboxylic acids is 2. The van der Waals surface area contributed by atoms with Crippen LogP contribution in [0, 0.1) is 13.8 Å². The van der Waals surface area contributed by atoms with Crippen molar-refractivity contribution in [2.45, 2.75) is 59.7 Å². The van der Waals surface area contributed by atoms with Crippen LogP contribution in [0.4, 0.5) is 5.69 Å². The van der Waals surface area contributed by atoms with Gasteiger partial charge in [0.25, 0.3) is 0 Å². The summed E-state index contributed by atoms with van der Waals surface area (Å²) in [7, 11) is -2.20. The van der Waals surface area contributed by atoms with Crippen molar-refractivity contribution in [3.05, 3.63) is 59.2 Å². The van der Waals surface area contributed by atoms with Crippen LogP contribution in [0.2, 0.25) is 0 Å². The van der Waals surface area contributed by atoms with Crippen LogP contribution in [-0.2, 0) is 26.2 Å². The maximum absolute atomic E-state index is 13.7. The third kappa shape index (κ3) is 7.45. The standard InChI is InChI=1S/C26H37N3O5S/c1-8-23(26(31)27-18(2)3)28(16-21-12-14-22(34-6)15-13-21)25(30)17-29(35(7,32)33)24-11-9-10-19(4)20(24)5/h9-15,18,23H,8,16-17H2,1-7H3,(H,27,31)/t23-/m0/s1. The number of rotatable bonds is 11. The molecule has 2 aromatic carbocycles. The Hall–Kier alpha value is -3.07. The van der Waals surface area contributed by atoms with E-state index in [2.05, 4.69) is 5.32 Å². The minimum Gasteiger partial charge on any atom is -0.497 e. The van der Waals surface area contributed by atoms with Gasteiger partial charge in [0.05, 0.1) is 19.1 Å². The lowest BCUT2D eigenvalue weighted by molar-refractivity contribution is -0.140. The average Bonchev–Trinajstić information content (AvgIpc) is 2.78. The van der Waals surface area contributed by atoms with Crippen molar-refractivity contribution in [3.63, 3.8) is 0 Å². The van der Waals surface area contributed by atoms with Crippen LogP contribution in [0.5, 0.6) is 5.75 Å². The van der Waals surface area contributed by atoms with Gasteiger partial charge in [0.2, 0.25) is 21.8 Å². The molecule has 0 bridgehead atoms. The lowest BCUT2D eigenvalue weighted by atomic mass is 10.1. The molecule has 9 heteroatoms. The van der Waals surface area contributed by atoms with E-state index in [9.17, 15) is 18.0 Å². The van der Waals surface area contributed by atoms with Crippen LogP contribution < -0.4 is 14.4 Å². The number of benzene rings is 2. The Morgan fingerprint density at radius 3 is 2.20 bits per heavy atom. The fraction of sp³-hybridized carbons (Fsp3) is 0.462. The summed E-state index contributed by atoms with van der Waals surface area (Å²) in [6.07, 6.45) is 1.46. The molecule has 192 valence electrons. The molecule has 1 atom stereocenters. The highest BCUT2D eigenvalue weighted by Crippen LogP contribution is 2.26. The zero-order valence-electron chi connectivity index (χ0n) is 21.7. The highest BCUT2D eigenvalue weighted by Gasteiger charge is 2.32. The number of anilines is 1. The maximum Gasteiger partial charge on any atom is 0.244 e. The molecule has 0 spiro atoms. The number of amides is 2. The van der Waals surface area contributed by atoms with Crippen LogP contribution in [0.3, 0.4) is 0 Å². The number of sulfonamides is 1. The topological polar surface area (TPSA) is 96.0 Å². The number of nitrogens with zero attached hydrogens (tertiary/aromatic N) is 2. The van der Waals surface area contributed by atoms with Gasteiger partial charge in [-0.05, 0) is 69.0 Å². The van der Waals surface area contributed by atoms with Crippen LogP contribution >= 0.6 is 0 Å². The second-order valence-electron chi connectivity index (χ2n) is 8.95. The van der Waals surface area contributed by atoms with Crippen LogP contribution in [0.15, 0.2) is 42.5 Å². The van der Waals surface area contributed by atoms with E-state index < -0.39 is 28.5 Å². The first-order valence-electron chi connectivity index (χ1n) is 11.7. The molecule has 2 aromatic rings. The van der Waals surface area contributed by atoms with Crippen molar-refractivity contribution in [1.29, 1.82) is 0 Å². The van der Waals surface area contributed by atoms with Gasteiger partial charge in [0.1, 0.15) is 18.3 Å². The van der Waals surface area contributed by atoms with Gasteiger partial charge in [-0.3, -0.25) is 13.9 Å². The molecule has 0 aliphatic rings. The first-order chi connectivity index (χ1) is 16.4. The fourth-order valence-electron chi connectivity index (χ4n) is 3.83. The van der Waals surface area contributed by atoms with Crippen molar-refractivity contribution < 1.29 is 22.7 Å². The Balaban J connectivity index is 2.48. The van der Waals surface area contributed by atoms with Crippen LogP contribution in [-0.4, -0.2) is 57.1 Å². The molecular weight excluding hydrogens is 466 g/mol. The van der Waals surface area contributed by atoms with E-state index in [0.29, 0.717) is 17.9 Å². The number of carbonyl (C=O) groups is 2. The van der Waals surface area contributed by atoms with Crippen molar-refractivity contribution in [1.82, 2.24) is 10.2 Å². The van der Waals surface area contributed by atoms with Gasteiger partial charge in [-0.1, -0.05) is 31.2 Å². The highest BCUT2D eigenvalue weighted by atomic mass is 32.2. The molecule has 0 saturated heterocycles. The summed E-state index contributed by atoms with van der Waals surface area (Å²) in [5, 5.41) is 2.88. The van der Waals surface area contributed by atoms with E-state index in [1.165, 1.54) is 4.90 Å². The maximum atomic E-state index is 13.7. The van der Waals surface area contributed by atoms with E-state index in [1.54, 1.807) is 31.4 Å². The second-order valence-corrected chi connectivity index (χ2v) is 10.9. The van der Waals surface area contributed by atoms with Crippen molar-refractivity contribution in [2.75, 3.05) is 24.2 Å². The van der Waals surface area contributed by atoms with Crippen LogP contribution in [0.25, 0.3) is 0 Å². The molecule has 2 rings (SSSR count). The quantitative estimate of drug-likeness (QED) is 0.507. The Bertz CT molecular complexity index is 1130. The molecular formula is C26H37N3O5S. The third-order valence-corrected chi connectivity index (χ3v) is 6.98. The predicted octanol–water partition coefficient (Wildman–Crippen LogP) is 3.41. The van der Waals surface area contributed by atoms with E-state index >= 15 is 0 Å². The molecule has 0 aliphatic carbocycles. The van der Waals surface area contributed by atoms with E-state index in [4.69, 9.17) is 4.74 Å². The van der Waals surface area contributed by atoms with Crippen molar-refractivity contribution in [3.8, 4) is 5.75 Å². The summed E-state index contributed by atoms with van der Waals surface area (Å²) in [6.45, 7) is 8.99. The molecule has 0 unspecified atom stereocenters. The summed E-state index contributed by atoms with van der Waals surface area (Å²) in [4.78, 5) is 28.2. The zero-order valence-corrected chi connectivity index (χ0v) is 22.5. The van der Waals surface area contributed by atoms with Gasteiger partial charge in [-0.25, -0.2) is 8.42 Å². The van der Waals surface area contributed by atoms with Gasteiger partial charge in [0.15, 0.2) is 0 Å². The SMILES string of the molecule is CC[C@@H](C(=O)NC(C)C)N(Cc1ccc(OC)cc1)C(=O)CN(c1cccc(C)c1C)S(C)(=O)=O. The summed E-state index contributed by atoms with van der Waals surface area (Å²) in [5.41, 5.74) is 2.94. The molecule has 0 heterocycles. The summed E-state index contributed by atoms with van der Waals surface area (Å²) in [6, 6.07) is 11.7. The molecule has 0 radical (unpaired) electrons. The van der Waals surface area contributed by atoms with Gasteiger partial charge < -0.3 is 15.0 Å². The Kier molecular flexibility index (Phi) is 9.71. The minimum atomic E-state index is -3.77. The summed E-state index contributed by atoms with van der Waals surface area (Å²) in [5.74, 6) is -0.0608. The van der Waals surface area contributed by atoms with Crippen molar-refractivity contribution >= 4 is 27.5 Å². The van der Waals surface area contributed by atoms with Gasteiger partial charge in [-0.2, -0.15) is 0 Å². The Labute approximate surface area is 209 Å². The van der Waals surface area contributed by atoms with Gasteiger partial charge >= 0.3 is 0 Å². The average molecular weight is 504 g/mol. The first-order valence-corrected chi connectivity index (χ1v) is 13.5. The largest absolute Gasteiger partial charge is 0.497 e. The van der Waals surface area contributed by atoms with E-state index in [-0.39, 0.29) is 18.5 Å². The number of ether oxygens (including phenoxy) is 1. The second kappa shape index (κ2) is 12.1. The first kappa shape index (κ1) is 28.2. The molecule has 0 aromatic heterocycles. The Morgan fingerprint density at radius 2 is 1.69 bits per heavy atom. The number of hydrogen-bond acceptors (Lipinski definition) is 5. The molecule has 2 amide bonds. The summed E-state index contributed by atoms with van der Waals surface area (Å²) < 4.78 is 31.9. The number of nitrogens with one attached hydrogen (secondary N) is 1. The molecule has 1 N–H and O–H groups in total. The van der Waals surface area contributed by atoms with E-state index in [1.807, 2.05) is 52.8 Å². The summed E-state index contributed by atoms with van der Waals surface area (Å²) >= 11 is 0. The molecule has 35 heavy (non-hydrogen) atoms. The predicted molar refractivity (Wildman–Crippen MR) is 139 cm³/mol. The van der Waals surface area contributed by atoms with Crippen molar-refractivity contribution in [2.24, 2.45) is 0 Å². The number of methoxy groups -OCH3 is 1. The number of aryl methyl sites for hydroxylation is 1. The normalized spacial score (nSPS) is 12.2. The highest BCUT2D eigenvalue weighted by molar-refractivity contribution is 7.92. The molecule has 0 saturated carbocycles. The van der Waals surface area contributed by atoms with Gasteiger partial charge in [-0.15, -0.1) is 0 Å². The fourth-order valence-corrected chi connectivity index (χ4v) is 4.73. The minimum absolute atomic E-state index is 0.100. The molecule has 0 aliphatic heterocycles. The zero-order chi connectivity index (χ0) is 26.3. The Morgan fingerprint density at radius 1 is 1.06 bits per heavy atom.